The van der Waals surface area contributed by atoms with E-state index in [0.717, 1.165) is 41.8 Å². The number of para-hydroxylation sites is 1. The van der Waals surface area contributed by atoms with Crippen molar-refractivity contribution in [2.24, 2.45) is 0 Å². The zero-order valence-electron chi connectivity index (χ0n) is 23.7. The lowest BCUT2D eigenvalue weighted by Gasteiger charge is -2.33. The number of amides is 2. The molecule has 0 bridgehead atoms. The van der Waals surface area contributed by atoms with Gasteiger partial charge in [0.25, 0.3) is 0 Å². The van der Waals surface area contributed by atoms with E-state index in [1.54, 1.807) is 29.2 Å². The smallest absolute Gasteiger partial charge is 0.244 e. The highest BCUT2D eigenvalue weighted by Crippen LogP contribution is 2.26. The Hall–Kier alpha value is -3.85. The summed E-state index contributed by atoms with van der Waals surface area (Å²) in [5, 5.41) is 3.13. The molecule has 0 aliphatic heterocycles. The maximum absolute atomic E-state index is 13.9. The van der Waals surface area contributed by atoms with E-state index in [0.29, 0.717) is 36.6 Å². The highest BCUT2D eigenvalue weighted by atomic mass is 32.2. The van der Waals surface area contributed by atoms with Gasteiger partial charge in [0.1, 0.15) is 24.1 Å². The van der Waals surface area contributed by atoms with Crippen LogP contribution in [0.5, 0.6) is 11.5 Å². The molecule has 3 aromatic carbocycles. The molecule has 218 valence electrons. The molecule has 1 N–H and O–H groups in total. The summed E-state index contributed by atoms with van der Waals surface area (Å²) in [5.74, 6) is 0.586. The van der Waals surface area contributed by atoms with Crippen molar-refractivity contribution in [2.45, 2.75) is 57.5 Å². The molecule has 4 rings (SSSR count). The number of hydrogen-bond donors (Lipinski definition) is 1. The highest BCUT2D eigenvalue weighted by Gasteiger charge is 2.32. The Balaban J connectivity index is 1.54. The maximum atomic E-state index is 13.9. The summed E-state index contributed by atoms with van der Waals surface area (Å²) in [6.07, 6.45) is 6.08. The predicted molar refractivity (Wildman–Crippen MR) is 161 cm³/mol. The van der Waals surface area contributed by atoms with Crippen molar-refractivity contribution in [2.75, 3.05) is 23.7 Å². The van der Waals surface area contributed by atoms with Crippen LogP contribution in [0.3, 0.4) is 0 Å². The van der Waals surface area contributed by atoms with Gasteiger partial charge in [0.05, 0.1) is 11.9 Å². The third-order valence-electron chi connectivity index (χ3n) is 7.35. The van der Waals surface area contributed by atoms with Crippen LogP contribution in [0.15, 0.2) is 84.9 Å². The lowest BCUT2D eigenvalue weighted by Crippen LogP contribution is -2.54. The van der Waals surface area contributed by atoms with Crippen LogP contribution in [0.2, 0.25) is 0 Å². The van der Waals surface area contributed by atoms with Crippen LogP contribution in [0.25, 0.3) is 0 Å². The summed E-state index contributed by atoms with van der Waals surface area (Å²) in [7, 11) is -3.81. The molecule has 0 aromatic heterocycles. The first-order chi connectivity index (χ1) is 19.7. The van der Waals surface area contributed by atoms with Gasteiger partial charge in [-0.2, -0.15) is 0 Å². The van der Waals surface area contributed by atoms with Gasteiger partial charge >= 0.3 is 0 Å². The van der Waals surface area contributed by atoms with Crippen molar-refractivity contribution in [1.29, 1.82) is 0 Å². The molecule has 1 atom stereocenters. The third kappa shape index (κ3) is 8.57. The Kier molecular flexibility index (Phi) is 10.4. The lowest BCUT2D eigenvalue weighted by molar-refractivity contribution is -0.139. The van der Waals surface area contributed by atoms with Gasteiger partial charge < -0.3 is 15.0 Å². The minimum atomic E-state index is -3.81. The van der Waals surface area contributed by atoms with E-state index in [1.807, 2.05) is 67.6 Å². The van der Waals surface area contributed by atoms with Gasteiger partial charge in [-0.3, -0.25) is 13.9 Å². The van der Waals surface area contributed by atoms with E-state index < -0.39 is 28.5 Å². The molecule has 0 spiro atoms. The van der Waals surface area contributed by atoms with Crippen molar-refractivity contribution in [3.05, 3.63) is 90.5 Å². The van der Waals surface area contributed by atoms with Crippen molar-refractivity contribution in [3.63, 3.8) is 0 Å². The zero-order chi connectivity index (χ0) is 29.2. The quantitative estimate of drug-likeness (QED) is 0.303. The molecule has 0 radical (unpaired) electrons. The van der Waals surface area contributed by atoms with Crippen LogP contribution in [0.1, 0.15) is 44.6 Å². The van der Waals surface area contributed by atoms with E-state index in [9.17, 15) is 18.0 Å². The van der Waals surface area contributed by atoms with E-state index >= 15 is 0 Å². The average molecular weight is 578 g/mol. The monoisotopic (exact) mass is 577 g/mol. The SMILES string of the molecule is CC[C@H](C(=O)NC1CCCC1)N(CCc1ccccc1)C(=O)CN(c1ccc(Oc2ccccc2)cc1)S(C)(=O)=O. The fourth-order valence-electron chi connectivity index (χ4n) is 5.18. The first-order valence-electron chi connectivity index (χ1n) is 14.2. The minimum absolute atomic E-state index is 0.117. The number of nitrogens with zero attached hydrogens (tertiary/aromatic N) is 2. The van der Waals surface area contributed by atoms with Gasteiger partial charge in [-0.25, -0.2) is 8.42 Å². The van der Waals surface area contributed by atoms with Gasteiger partial charge in [0.2, 0.25) is 21.8 Å². The molecule has 0 heterocycles. The number of carbonyl (C=O) groups is 2. The number of carbonyl (C=O) groups excluding carboxylic acids is 2. The van der Waals surface area contributed by atoms with Crippen LogP contribution < -0.4 is 14.4 Å². The number of rotatable bonds is 13. The Morgan fingerprint density at radius 3 is 2.07 bits per heavy atom. The number of hydrogen-bond acceptors (Lipinski definition) is 5. The first kappa shape index (κ1) is 30.1. The van der Waals surface area contributed by atoms with Crippen LogP contribution in [0, 0.1) is 0 Å². The first-order valence-corrected chi connectivity index (χ1v) is 16.0. The van der Waals surface area contributed by atoms with Crippen molar-refractivity contribution >= 4 is 27.5 Å². The second-order valence-corrected chi connectivity index (χ2v) is 12.3. The van der Waals surface area contributed by atoms with Crippen LogP contribution >= 0.6 is 0 Å². The molecule has 2 amide bonds. The molecule has 1 saturated carbocycles. The molecule has 9 heteroatoms. The molecule has 0 saturated heterocycles. The molecule has 1 aliphatic rings. The van der Waals surface area contributed by atoms with E-state index in [1.165, 1.54) is 0 Å². The standard InChI is InChI=1S/C32H39N3O5S/c1-3-30(32(37)33-26-14-10-11-15-26)34(23-22-25-12-6-4-7-13-25)31(36)24-35(41(2,38)39)27-18-20-29(21-19-27)40-28-16-8-5-9-17-28/h4-9,12-13,16-21,26,30H,3,10-11,14-15,22-24H2,1-2H3,(H,33,37)/t30-/m1/s1. The Morgan fingerprint density at radius 2 is 1.49 bits per heavy atom. The Morgan fingerprint density at radius 1 is 0.902 bits per heavy atom. The topological polar surface area (TPSA) is 96.0 Å². The van der Waals surface area contributed by atoms with Gasteiger partial charge in [0.15, 0.2) is 0 Å². The maximum Gasteiger partial charge on any atom is 0.244 e. The second kappa shape index (κ2) is 14.2. The van der Waals surface area contributed by atoms with E-state index in [-0.39, 0.29) is 11.9 Å². The van der Waals surface area contributed by atoms with Crippen molar-refractivity contribution in [1.82, 2.24) is 10.2 Å². The highest BCUT2D eigenvalue weighted by molar-refractivity contribution is 7.92. The van der Waals surface area contributed by atoms with Crippen LogP contribution in [0.4, 0.5) is 5.69 Å². The fourth-order valence-corrected chi connectivity index (χ4v) is 6.03. The van der Waals surface area contributed by atoms with E-state index in [4.69, 9.17) is 4.74 Å². The molecular weight excluding hydrogens is 538 g/mol. The van der Waals surface area contributed by atoms with Gasteiger partial charge in [-0.05, 0) is 67.6 Å². The predicted octanol–water partition coefficient (Wildman–Crippen LogP) is 5.15. The van der Waals surface area contributed by atoms with Gasteiger partial charge in [-0.15, -0.1) is 0 Å². The summed E-state index contributed by atoms with van der Waals surface area (Å²) in [4.78, 5) is 28.8. The molecule has 8 nitrogen and oxygen atoms in total. The Bertz CT molecular complexity index is 1380. The second-order valence-electron chi connectivity index (χ2n) is 10.4. The number of sulfonamides is 1. The molecule has 41 heavy (non-hydrogen) atoms. The van der Waals surface area contributed by atoms with E-state index in [2.05, 4.69) is 5.32 Å². The summed E-state index contributed by atoms with van der Waals surface area (Å²) in [6.45, 7) is 1.75. The van der Waals surface area contributed by atoms with Crippen molar-refractivity contribution in [3.8, 4) is 11.5 Å². The van der Waals surface area contributed by atoms with Crippen LogP contribution in [-0.4, -0.2) is 56.6 Å². The summed E-state index contributed by atoms with van der Waals surface area (Å²) in [5.41, 5.74) is 1.37. The lowest BCUT2D eigenvalue weighted by atomic mass is 10.1. The molecule has 1 aliphatic carbocycles. The minimum Gasteiger partial charge on any atom is -0.457 e. The van der Waals surface area contributed by atoms with Crippen LogP contribution in [-0.2, 0) is 26.0 Å². The number of ether oxygens (including phenoxy) is 1. The van der Waals surface area contributed by atoms with Gasteiger partial charge in [-0.1, -0.05) is 68.3 Å². The summed E-state index contributed by atoms with van der Waals surface area (Å²) < 4.78 is 32.7. The summed E-state index contributed by atoms with van der Waals surface area (Å²) in [6, 6.07) is 25.0. The zero-order valence-corrected chi connectivity index (χ0v) is 24.6. The van der Waals surface area contributed by atoms with Gasteiger partial charge in [0, 0.05) is 12.6 Å². The normalized spacial score (nSPS) is 14.3. The largest absolute Gasteiger partial charge is 0.457 e. The number of benzene rings is 3. The summed E-state index contributed by atoms with van der Waals surface area (Å²) >= 11 is 0. The Labute approximate surface area is 243 Å². The average Bonchev–Trinajstić information content (AvgIpc) is 3.48. The third-order valence-corrected chi connectivity index (χ3v) is 8.50. The van der Waals surface area contributed by atoms with Crippen molar-refractivity contribution < 1.29 is 22.7 Å². The molecular formula is C32H39N3O5S. The number of nitrogens with one attached hydrogen (secondary N) is 1. The molecule has 0 unspecified atom stereocenters. The number of anilines is 1. The fraction of sp³-hybridized carbons (Fsp3) is 0.375. The molecule has 3 aromatic rings. The molecule has 1 fully saturated rings.